The molecule has 2 aliphatic heterocycles. The third-order valence-corrected chi connectivity index (χ3v) is 5.67. The van der Waals surface area contributed by atoms with Gasteiger partial charge in [-0.1, -0.05) is 0 Å². The summed E-state index contributed by atoms with van der Waals surface area (Å²) in [6, 6.07) is -0.371. The molecule has 14 heteroatoms. The normalized spacial score (nSPS) is 31.5. The summed E-state index contributed by atoms with van der Waals surface area (Å²) in [6.45, 7) is 5.38. The summed E-state index contributed by atoms with van der Waals surface area (Å²) in [5, 5.41) is 13.5. The molecule has 0 spiro atoms. The number of imidazole rings is 1. The molecule has 13 nitrogen and oxygen atoms in total. The van der Waals surface area contributed by atoms with Crippen molar-refractivity contribution < 1.29 is 33.1 Å². The summed E-state index contributed by atoms with van der Waals surface area (Å²) in [6.07, 6.45) is -1.37. The molecular formula is C16H23N6O7P. The van der Waals surface area contributed by atoms with Crippen molar-refractivity contribution in [1.82, 2.24) is 24.8 Å². The number of urea groups is 1. The highest BCUT2D eigenvalue weighted by molar-refractivity contribution is 7.47. The summed E-state index contributed by atoms with van der Waals surface area (Å²) in [7, 11) is -2.68. The predicted molar refractivity (Wildman–Crippen MR) is 103 cm³/mol. The molecule has 2 aliphatic rings. The Labute approximate surface area is 171 Å². The van der Waals surface area contributed by atoms with Crippen molar-refractivity contribution in [3.05, 3.63) is 12.7 Å². The van der Waals surface area contributed by atoms with Crippen LogP contribution in [-0.4, -0.2) is 73.1 Å². The van der Waals surface area contributed by atoms with Gasteiger partial charge in [0.15, 0.2) is 23.2 Å². The third kappa shape index (κ3) is 3.80. The first-order chi connectivity index (χ1) is 14.0. The molecule has 164 valence electrons. The van der Waals surface area contributed by atoms with Gasteiger partial charge in [-0.3, -0.25) is 18.5 Å². The van der Waals surface area contributed by atoms with Crippen LogP contribution in [0.4, 0.5) is 10.6 Å². The second kappa shape index (κ2) is 7.22. The van der Waals surface area contributed by atoms with E-state index in [4.69, 9.17) is 13.8 Å². The number of carbonyl (C=O) groups is 1. The summed E-state index contributed by atoms with van der Waals surface area (Å²) in [5.41, 5.74) is 0.189. The number of carbonyl (C=O) groups excluding carboxylic acids is 1. The van der Waals surface area contributed by atoms with E-state index in [0.29, 0.717) is 11.2 Å². The minimum absolute atomic E-state index is 0.200. The van der Waals surface area contributed by atoms with Crippen molar-refractivity contribution in [2.75, 3.05) is 18.6 Å². The van der Waals surface area contributed by atoms with Crippen LogP contribution >= 0.6 is 7.82 Å². The number of aliphatic hydroxyl groups is 1. The van der Waals surface area contributed by atoms with Gasteiger partial charge in [-0.05, 0) is 20.8 Å². The number of hydrogen-bond acceptors (Lipinski definition) is 9. The Morgan fingerprint density at radius 3 is 2.80 bits per heavy atom. The quantitative estimate of drug-likeness (QED) is 0.560. The Morgan fingerprint density at radius 1 is 1.37 bits per heavy atom. The molecule has 0 radical (unpaired) electrons. The van der Waals surface area contributed by atoms with E-state index in [0.717, 1.165) is 0 Å². The van der Waals surface area contributed by atoms with Crippen LogP contribution in [0.3, 0.4) is 0 Å². The lowest BCUT2D eigenvalue weighted by Gasteiger charge is -2.27. The maximum atomic E-state index is 12.5. The molecule has 5 atom stereocenters. The summed E-state index contributed by atoms with van der Waals surface area (Å²) < 4.78 is 28.6. The van der Waals surface area contributed by atoms with E-state index in [1.54, 1.807) is 7.05 Å². The average molecular weight is 442 g/mol. The maximum absolute atomic E-state index is 12.5. The molecule has 4 rings (SSSR count). The molecule has 3 N–H and O–H groups in total. The molecule has 2 aromatic heterocycles. The number of amides is 2. The molecule has 2 saturated heterocycles. The minimum Gasteiger partial charge on any atom is -0.386 e. The zero-order chi connectivity index (χ0) is 21.8. The number of hydrogen-bond donors (Lipinski definition) is 3. The van der Waals surface area contributed by atoms with E-state index in [1.807, 2.05) is 20.8 Å². The molecule has 30 heavy (non-hydrogen) atoms. The van der Waals surface area contributed by atoms with E-state index >= 15 is 0 Å². The van der Waals surface area contributed by atoms with Crippen LogP contribution in [-0.2, 0) is 18.3 Å². The van der Waals surface area contributed by atoms with E-state index in [1.165, 1.54) is 22.1 Å². The zero-order valence-electron chi connectivity index (χ0n) is 16.8. The molecular weight excluding hydrogens is 419 g/mol. The fourth-order valence-electron chi connectivity index (χ4n) is 3.34. The van der Waals surface area contributed by atoms with Crippen molar-refractivity contribution in [1.29, 1.82) is 0 Å². The Morgan fingerprint density at radius 2 is 2.10 bits per heavy atom. The van der Waals surface area contributed by atoms with Crippen molar-refractivity contribution >= 4 is 30.8 Å². The summed E-state index contributed by atoms with van der Waals surface area (Å²) in [4.78, 5) is 36.0. The van der Waals surface area contributed by atoms with Gasteiger partial charge >= 0.3 is 13.9 Å². The number of nitrogens with zero attached hydrogens (tertiary/aromatic N) is 5. The maximum Gasteiger partial charge on any atom is 0.472 e. The van der Waals surface area contributed by atoms with Crippen molar-refractivity contribution in [2.45, 2.75) is 50.8 Å². The van der Waals surface area contributed by atoms with Crippen LogP contribution in [0.1, 0.15) is 27.0 Å². The fourth-order valence-corrected chi connectivity index (χ4v) is 4.30. The molecule has 0 aromatic carbocycles. The number of phosphoric ester groups is 1. The molecule has 2 amide bonds. The number of phosphoric acid groups is 1. The molecule has 2 aromatic rings. The van der Waals surface area contributed by atoms with E-state index in [-0.39, 0.29) is 18.5 Å². The SMILES string of the molecule is CN(C(=O)NC(C)(C)C)c1ncnc2c1ncn2[C@@H]1O[C@@H]2COP(=O)(O)O[C@H]2[C@H]1O. The number of anilines is 1. The largest absolute Gasteiger partial charge is 0.472 e. The smallest absolute Gasteiger partial charge is 0.386 e. The fraction of sp³-hybridized carbons (Fsp3) is 0.625. The highest BCUT2D eigenvalue weighted by atomic mass is 31.2. The minimum atomic E-state index is -4.24. The van der Waals surface area contributed by atoms with Gasteiger partial charge in [-0.2, -0.15) is 0 Å². The van der Waals surface area contributed by atoms with E-state index in [9.17, 15) is 19.4 Å². The van der Waals surface area contributed by atoms with Gasteiger partial charge in [0.1, 0.15) is 24.6 Å². The third-order valence-electron chi connectivity index (χ3n) is 4.68. The van der Waals surface area contributed by atoms with Gasteiger partial charge in [0.05, 0.1) is 12.9 Å². The highest BCUT2D eigenvalue weighted by Gasteiger charge is 2.52. The van der Waals surface area contributed by atoms with Crippen LogP contribution in [0.25, 0.3) is 11.2 Å². The molecule has 2 fully saturated rings. The van der Waals surface area contributed by atoms with Crippen LogP contribution in [0.15, 0.2) is 12.7 Å². The standard InChI is InChI=1S/C16H23N6O7P/c1-16(2,3)20-15(24)21(4)12-9-13(18-6-17-12)22(7-19-9)14-10(23)11-8(28-14)5-27-30(25,26)29-11/h6-8,10-11,14,23H,5H2,1-4H3,(H,20,24)(H,25,26)/t8-,10-,11-,14-/m1/s1. The lowest BCUT2D eigenvalue weighted by atomic mass is 10.1. The lowest BCUT2D eigenvalue weighted by Crippen LogP contribution is -2.47. The number of nitrogens with one attached hydrogen (secondary N) is 1. The first kappa shape index (κ1) is 21.1. The van der Waals surface area contributed by atoms with Gasteiger partial charge in [-0.15, -0.1) is 0 Å². The number of aromatic nitrogens is 4. The summed E-state index contributed by atoms with van der Waals surface area (Å²) in [5.74, 6) is 0.268. The number of rotatable bonds is 2. The summed E-state index contributed by atoms with van der Waals surface area (Å²) >= 11 is 0. The lowest BCUT2D eigenvalue weighted by molar-refractivity contribution is -0.0664. The number of fused-ring (bicyclic) bond motifs is 2. The van der Waals surface area contributed by atoms with E-state index < -0.39 is 37.9 Å². The second-order valence-electron chi connectivity index (χ2n) is 8.15. The molecule has 0 saturated carbocycles. The molecule has 1 unspecified atom stereocenters. The van der Waals surface area contributed by atoms with Crippen molar-refractivity contribution in [3.8, 4) is 0 Å². The van der Waals surface area contributed by atoms with Crippen LogP contribution < -0.4 is 10.2 Å². The molecule has 0 aliphatic carbocycles. The van der Waals surface area contributed by atoms with Crippen molar-refractivity contribution in [3.63, 3.8) is 0 Å². The van der Waals surface area contributed by atoms with Gasteiger partial charge in [0.25, 0.3) is 0 Å². The van der Waals surface area contributed by atoms with E-state index in [2.05, 4.69) is 20.3 Å². The predicted octanol–water partition coefficient (Wildman–Crippen LogP) is 0.545. The van der Waals surface area contributed by atoms with Gasteiger partial charge in [0, 0.05) is 12.6 Å². The van der Waals surface area contributed by atoms with Gasteiger partial charge in [0.2, 0.25) is 0 Å². The second-order valence-corrected chi connectivity index (χ2v) is 9.56. The Bertz CT molecular complexity index is 1020. The Hall–Kier alpha value is -2.15. The Balaban J connectivity index is 1.64. The van der Waals surface area contributed by atoms with Crippen LogP contribution in [0.2, 0.25) is 0 Å². The first-order valence-corrected chi connectivity index (χ1v) is 10.7. The van der Waals surface area contributed by atoms with Crippen LogP contribution in [0.5, 0.6) is 0 Å². The molecule has 0 bridgehead atoms. The van der Waals surface area contributed by atoms with Crippen molar-refractivity contribution in [2.24, 2.45) is 0 Å². The van der Waals surface area contributed by atoms with Gasteiger partial charge < -0.3 is 20.1 Å². The number of aliphatic hydroxyl groups excluding tert-OH is 1. The number of ether oxygens (including phenoxy) is 1. The topological polar surface area (TPSA) is 161 Å². The average Bonchev–Trinajstić information content (AvgIpc) is 3.20. The Kier molecular flexibility index (Phi) is 5.08. The highest BCUT2D eigenvalue weighted by Crippen LogP contribution is 2.52. The monoisotopic (exact) mass is 442 g/mol. The first-order valence-electron chi connectivity index (χ1n) is 9.19. The zero-order valence-corrected chi connectivity index (χ0v) is 17.7. The van der Waals surface area contributed by atoms with Gasteiger partial charge in [-0.25, -0.2) is 24.3 Å². The molecule has 4 heterocycles. The van der Waals surface area contributed by atoms with Crippen LogP contribution in [0, 0.1) is 0 Å².